The minimum Gasteiger partial charge on any atom is -0.343 e. The van der Waals surface area contributed by atoms with Gasteiger partial charge in [-0.05, 0) is 17.7 Å². The molecule has 1 amide bonds. The van der Waals surface area contributed by atoms with E-state index in [4.69, 9.17) is 0 Å². The van der Waals surface area contributed by atoms with Crippen molar-refractivity contribution in [2.24, 2.45) is 0 Å². The molecule has 0 aliphatic carbocycles. The van der Waals surface area contributed by atoms with Gasteiger partial charge < -0.3 is 5.32 Å². The Kier molecular flexibility index (Phi) is 4.60. The van der Waals surface area contributed by atoms with E-state index in [9.17, 15) is 13.6 Å². The third-order valence-electron chi connectivity index (χ3n) is 3.51. The van der Waals surface area contributed by atoms with Crippen molar-refractivity contribution >= 4 is 5.91 Å². The quantitative estimate of drug-likeness (QED) is 0.783. The van der Waals surface area contributed by atoms with Gasteiger partial charge in [0.25, 0.3) is 5.91 Å². The Labute approximate surface area is 136 Å². The van der Waals surface area contributed by atoms with Crippen LogP contribution < -0.4 is 5.32 Å². The molecule has 1 atom stereocenters. The van der Waals surface area contributed by atoms with Crippen LogP contribution in [0.4, 0.5) is 8.78 Å². The zero-order valence-corrected chi connectivity index (χ0v) is 12.6. The Bertz CT molecular complexity index is 802. The Balaban J connectivity index is 1.87. The summed E-state index contributed by atoms with van der Waals surface area (Å²) < 4.78 is 27.6. The second-order valence-corrected chi connectivity index (χ2v) is 5.12. The van der Waals surface area contributed by atoms with Crippen LogP contribution in [0.25, 0.3) is 0 Å². The van der Waals surface area contributed by atoms with Gasteiger partial charge in [-0.15, -0.1) is 0 Å². The van der Waals surface area contributed by atoms with E-state index in [0.29, 0.717) is 0 Å². The van der Waals surface area contributed by atoms with Gasteiger partial charge >= 0.3 is 0 Å². The first kappa shape index (κ1) is 15.8. The SMILES string of the molecule is O=C(NC(Cn1nccn1)c1ccccc1)c1c(F)cccc1F. The predicted molar refractivity (Wildman–Crippen MR) is 83.0 cm³/mol. The van der Waals surface area contributed by atoms with Crippen LogP contribution in [0.15, 0.2) is 60.9 Å². The van der Waals surface area contributed by atoms with Gasteiger partial charge in [0.05, 0.1) is 25.0 Å². The second-order valence-electron chi connectivity index (χ2n) is 5.12. The molecule has 0 aliphatic heterocycles. The highest BCUT2D eigenvalue weighted by Crippen LogP contribution is 2.17. The molecular weight excluding hydrogens is 314 g/mol. The van der Waals surface area contributed by atoms with E-state index in [2.05, 4.69) is 15.5 Å². The summed E-state index contributed by atoms with van der Waals surface area (Å²) in [6.45, 7) is 0.235. The molecule has 0 fully saturated rings. The maximum Gasteiger partial charge on any atom is 0.257 e. The first-order valence-electron chi connectivity index (χ1n) is 7.29. The van der Waals surface area contributed by atoms with Crippen LogP contribution in [0.5, 0.6) is 0 Å². The fraction of sp³-hybridized carbons (Fsp3) is 0.118. The molecule has 1 N–H and O–H groups in total. The summed E-state index contributed by atoms with van der Waals surface area (Å²) in [5, 5.41) is 10.7. The molecule has 5 nitrogen and oxygen atoms in total. The molecular formula is C17H14F2N4O. The number of carbonyl (C=O) groups excluding carboxylic acids is 1. The summed E-state index contributed by atoms with van der Waals surface area (Å²) in [4.78, 5) is 13.8. The molecule has 1 unspecified atom stereocenters. The van der Waals surface area contributed by atoms with Gasteiger partial charge in [0, 0.05) is 0 Å². The number of nitrogens with zero attached hydrogens (tertiary/aromatic N) is 3. The van der Waals surface area contributed by atoms with Crippen LogP contribution in [0.1, 0.15) is 22.0 Å². The topological polar surface area (TPSA) is 59.8 Å². The Morgan fingerprint density at radius 2 is 1.62 bits per heavy atom. The van der Waals surface area contributed by atoms with Gasteiger partial charge in [-0.2, -0.15) is 15.0 Å². The van der Waals surface area contributed by atoms with Crippen molar-refractivity contribution in [3.8, 4) is 0 Å². The van der Waals surface area contributed by atoms with Crippen LogP contribution in [0.2, 0.25) is 0 Å². The van der Waals surface area contributed by atoms with Gasteiger partial charge in [0.2, 0.25) is 0 Å². The largest absolute Gasteiger partial charge is 0.343 e. The number of nitrogens with one attached hydrogen (secondary N) is 1. The van der Waals surface area contributed by atoms with Crippen LogP contribution in [-0.2, 0) is 6.54 Å². The molecule has 3 aromatic rings. The monoisotopic (exact) mass is 328 g/mol. The van der Waals surface area contributed by atoms with Crippen molar-refractivity contribution in [3.05, 3.63) is 83.7 Å². The zero-order chi connectivity index (χ0) is 16.9. The fourth-order valence-corrected chi connectivity index (χ4v) is 2.37. The molecule has 1 heterocycles. The van der Waals surface area contributed by atoms with Crippen molar-refractivity contribution in [2.45, 2.75) is 12.6 Å². The lowest BCUT2D eigenvalue weighted by molar-refractivity contribution is 0.0922. The molecule has 7 heteroatoms. The number of benzene rings is 2. The maximum absolute atomic E-state index is 13.8. The predicted octanol–water partition coefficient (Wildman–Crippen LogP) is 2.73. The summed E-state index contributed by atoms with van der Waals surface area (Å²) in [6, 6.07) is 11.9. The van der Waals surface area contributed by atoms with Crippen molar-refractivity contribution in [3.63, 3.8) is 0 Å². The Morgan fingerprint density at radius 1 is 1.00 bits per heavy atom. The Morgan fingerprint density at radius 3 is 2.25 bits per heavy atom. The molecule has 0 bridgehead atoms. The summed E-state index contributed by atoms with van der Waals surface area (Å²) in [7, 11) is 0. The highest BCUT2D eigenvalue weighted by Gasteiger charge is 2.22. The molecule has 0 aliphatic rings. The summed E-state index contributed by atoms with van der Waals surface area (Å²) in [6.07, 6.45) is 3.03. The lowest BCUT2D eigenvalue weighted by Gasteiger charge is -2.19. The number of halogens is 2. The Hall–Kier alpha value is -3.09. The number of carbonyl (C=O) groups is 1. The van der Waals surface area contributed by atoms with E-state index >= 15 is 0 Å². The van der Waals surface area contributed by atoms with E-state index in [1.807, 2.05) is 30.3 Å². The van der Waals surface area contributed by atoms with Gasteiger partial charge in [-0.25, -0.2) is 8.78 Å². The minimum absolute atomic E-state index is 0.235. The highest BCUT2D eigenvalue weighted by atomic mass is 19.1. The third kappa shape index (κ3) is 3.45. The van der Waals surface area contributed by atoms with Crippen LogP contribution >= 0.6 is 0 Å². The molecule has 0 radical (unpaired) electrons. The van der Waals surface area contributed by atoms with Crippen LogP contribution in [-0.4, -0.2) is 20.9 Å². The standard InChI is InChI=1S/C17H14F2N4O/c18-13-7-4-8-14(19)16(13)17(24)22-15(11-23-20-9-10-21-23)12-5-2-1-3-6-12/h1-10,15H,11H2,(H,22,24). The third-order valence-corrected chi connectivity index (χ3v) is 3.51. The smallest absolute Gasteiger partial charge is 0.257 e. The van der Waals surface area contributed by atoms with Crippen molar-refractivity contribution in [1.29, 1.82) is 0 Å². The van der Waals surface area contributed by atoms with Gasteiger partial charge in [-0.3, -0.25) is 4.79 Å². The number of hydrogen-bond acceptors (Lipinski definition) is 3. The highest BCUT2D eigenvalue weighted by molar-refractivity contribution is 5.95. The van der Waals surface area contributed by atoms with E-state index < -0.39 is 29.1 Å². The van der Waals surface area contributed by atoms with Crippen LogP contribution in [0.3, 0.4) is 0 Å². The van der Waals surface area contributed by atoms with E-state index in [1.54, 1.807) is 0 Å². The lowest BCUT2D eigenvalue weighted by atomic mass is 10.1. The molecule has 122 valence electrons. The van der Waals surface area contributed by atoms with Gasteiger partial charge in [0.1, 0.15) is 17.2 Å². The zero-order valence-electron chi connectivity index (χ0n) is 12.6. The summed E-state index contributed by atoms with van der Waals surface area (Å²) in [5.41, 5.74) is 0.173. The first-order chi connectivity index (χ1) is 11.6. The molecule has 0 saturated carbocycles. The number of amides is 1. The summed E-state index contributed by atoms with van der Waals surface area (Å²) in [5.74, 6) is -2.64. The molecule has 2 aromatic carbocycles. The molecule has 24 heavy (non-hydrogen) atoms. The summed E-state index contributed by atoms with van der Waals surface area (Å²) >= 11 is 0. The van der Waals surface area contributed by atoms with Crippen molar-refractivity contribution in [2.75, 3.05) is 0 Å². The first-order valence-corrected chi connectivity index (χ1v) is 7.29. The fourth-order valence-electron chi connectivity index (χ4n) is 2.37. The molecule has 1 aromatic heterocycles. The molecule has 3 rings (SSSR count). The average Bonchev–Trinajstić information content (AvgIpc) is 3.08. The molecule has 0 saturated heterocycles. The van der Waals surface area contributed by atoms with Crippen molar-refractivity contribution in [1.82, 2.24) is 20.3 Å². The second kappa shape index (κ2) is 6.99. The van der Waals surface area contributed by atoms with Crippen LogP contribution in [0, 0.1) is 11.6 Å². The number of hydrogen-bond donors (Lipinski definition) is 1. The normalized spacial score (nSPS) is 11.9. The van der Waals surface area contributed by atoms with Crippen molar-refractivity contribution < 1.29 is 13.6 Å². The molecule has 0 spiro atoms. The lowest BCUT2D eigenvalue weighted by Crippen LogP contribution is -2.33. The number of aromatic nitrogens is 3. The van der Waals surface area contributed by atoms with E-state index in [1.165, 1.54) is 23.3 Å². The van der Waals surface area contributed by atoms with Gasteiger partial charge in [0.15, 0.2) is 0 Å². The number of rotatable bonds is 5. The minimum atomic E-state index is -0.906. The average molecular weight is 328 g/mol. The van der Waals surface area contributed by atoms with Gasteiger partial charge in [-0.1, -0.05) is 36.4 Å². The van der Waals surface area contributed by atoms with E-state index in [-0.39, 0.29) is 6.54 Å². The van der Waals surface area contributed by atoms with E-state index in [0.717, 1.165) is 17.7 Å². The maximum atomic E-state index is 13.8.